The van der Waals surface area contributed by atoms with Crippen molar-refractivity contribution >= 4 is 17.8 Å². The van der Waals surface area contributed by atoms with Gasteiger partial charge in [0.2, 0.25) is 5.91 Å². The number of hydrogen-bond acceptors (Lipinski definition) is 3. The number of aromatic carboxylic acids is 1. The lowest BCUT2D eigenvalue weighted by atomic mass is 10.0. The average molecular weight is 290 g/mol. The Morgan fingerprint density at radius 2 is 1.81 bits per heavy atom. The normalized spacial score (nSPS) is 15.6. The summed E-state index contributed by atoms with van der Waals surface area (Å²) in [7, 11) is 0. The Labute approximate surface area is 122 Å². The van der Waals surface area contributed by atoms with Gasteiger partial charge in [0.05, 0.1) is 5.56 Å². The molecule has 0 aromatic heterocycles. The highest BCUT2D eigenvalue weighted by Crippen LogP contribution is 2.15. The number of rotatable bonds is 3. The monoisotopic (exact) mass is 290 g/mol. The molecule has 1 saturated heterocycles. The molecule has 6 nitrogen and oxygen atoms in total. The Balaban J connectivity index is 2.00. The number of benzene rings is 1. The highest BCUT2D eigenvalue weighted by molar-refractivity contribution is 5.97. The minimum absolute atomic E-state index is 0.0612. The molecule has 0 bridgehead atoms. The van der Waals surface area contributed by atoms with Gasteiger partial charge in [-0.1, -0.05) is 6.07 Å². The molecule has 1 aromatic rings. The molecular weight excluding hydrogens is 272 g/mol. The molecule has 6 heteroatoms. The van der Waals surface area contributed by atoms with Gasteiger partial charge < -0.3 is 15.3 Å². The smallest absolute Gasteiger partial charge is 0.335 e. The van der Waals surface area contributed by atoms with Gasteiger partial charge in [-0.3, -0.25) is 9.59 Å². The third-order valence-corrected chi connectivity index (χ3v) is 3.55. The fourth-order valence-corrected chi connectivity index (χ4v) is 2.48. The molecule has 21 heavy (non-hydrogen) atoms. The molecule has 0 saturated carbocycles. The second-order valence-corrected chi connectivity index (χ2v) is 5.15. The van der Waals surface area contributed by atoms with Crippen LogP contribution in [-0.2, 0) is 4.79 Å². The first-order valence-electron chi connectivity index (χ1n) is 6.87. The second-order valence-electron chi connectivity index (χ2n) is 5.15. The van der Waals surface area contributed by atoms with Crippen molar-refractivity contribution in [3.63, 3.8) is 0 Å². The third kappa shape index (κ3) is 3.81. The first-order valence-corrected chi connectivity index (χ1v) is 6.87. The average Bonchev–Trinajstić information content (AvgIpc) is 2.47. The summed E-state index contributed by atoms with van der Waals surface area (Å²) in [5, 5.41) is 11.8. The zero-order chi connectivity index (χ0) is 15.4. The molecule has 1 aliphatic rings. The zero-order valence-corrected chi connectivity index (χ0v) is 11.8. The highest BCUT2D eigenvalue weighted by atomic mass is 16.4. The van der Waals surface area contributed by atoms with E-state index in [1.165, 1.54) is 19.1 Å². The molecule has 2 N–H and O–H groups in total. The van der Waals surface area contributed by atoms with Gasteiger partial charge in [0.1, 0.15) is 0 Å². The first kappa shape index (κ1) is 15.0. The molecule has 1 heterocycles. The Kier molecular flexibility index (Phi) is 4.57. The zero-order valence-electron chi connectivity index (χ0n) is 11.8. The van der Waals surface area contributed by atoms with Crippen molar-refractivity contribution in [2.24, 2.45) is 0 Å². The van der Waals surface area contributed by atoms with Crippen LogP contribution in [-0.4, -0.2) is 46.9 Å². The van der Waals surface area contributed by atoms with Crippen molar-refractivity contribution in [1.82, 2.24) is 10.2 Å². The minimum atomic E-state index is -1.05. The van der Waals surface area contributed by atoms with Crippen LogP contribution in [0.3, 0.4) is 0 Å². The molecule has 1 aliphatic heterocycles. The number of carboxylic acid groups (broad SMARTS) is 1. The maximum absolute atomic E-state index is 12.3. The van der Waals surface area contributed by atoms with Crippen LogP contribution in [0, 0.1) is 0 Å². The van der Waals surface area contributed by atoms with Crippen molar-refractivity contribution in [2.75, 3.05) is 13.1 Å². The summed E-state index contributed by atoms with van der Waals surface area (Å²) >= 11 is 0. The number of nitrogens with zero attached hydrogens (tertiary/aromatic N) is 1. The Hall–Kier alpha value is -2.37. The molecule has 0 spiro atoms. The number of nitrogens with one attached hydrogen (secondary N) is 1. The molecule has 1 aromatic carbocycles. The Morgan fingerprint density at radius 3 is 2.38 bits per heavy atom. The minimum Gasteiger partial charge on any atom is -0.478 e. The van der Waals surface area contributed by atoms with Gasteiger partial charge in [0, 0.05) is 31.6 Å². The van der Waals surface area contributed by atoms with Crippen LogP contribution in [0.15, 0.2) is 24.3 Å². The van der Waals surface area contributed by atoms with Crippen LogP contribution in [0.4, 0.5) is 0 Å². The number of carbonyl (C=O) groups excluding carboxylic acids is 2. The molecule has 1 fully saturated rings. The lowest BCUT2D eigenvalue weighted by molar-refractivity contribution is -0.119. The predicted molar refractivity (Wildman–Crippen MR) is 76.1 cm³/mol. The fourth-order valence-electron chi connectivity index (χ4n) is 2.48. The van der Waals surface area contributed by atoms with E-state index in [4.69, 9.17) is 5.11 Å². The van der Waals surface area contributed by atoms with Crippen molar-refractivity contribution in [3.05, 3.63) is 35.4 Å². The Morgan fingerprint density at radius 1 is 1.19 bits per heavy atom. The van der Waals surface area contributed by atoms with E-state index in [1.807, 2.05) is 0 Å². The maximum atomic E-state index is 12.3. The van der Waals surface area contributed by atoms with E-state index in [1.54, 1.807) is 17.0 Å². The number of carboxylic acids is 1. The fraction of sp³-hybridized carbons (Fsp3) is 0.400. The lowest BCUT2D eigenvalue weighted by Gasteiger charge is -2.32. The van der Waals surface area contributed by atoms with Gasteiger partial charge >= 0.3 is 5.97 Å². The largest absolute Gasteiger partial charge is 0.478 e. The Bertz CT molecular complexity index is 563. The summed E-state index contributed by atoms with van der Waals surface area (Å²) in [6.45, 7) is 2.59. The summed E-state index contributed by atoms with van der Waals surface area (Å²) in [6.07, 6.45) is 1.42. The van der Waals surface area contributed by atoms with Crippen molar-refractivity contribution in [1.29, 1.82) is 0 Å². The summed E-state index contributed by atoms with van der Waals surface area (Å²) in [4.78, 5) is 36.0. The molecule has 2 amide bonds. The summed E-state index contributed by atoms with van der Waals surface area (Å²) in [5.74, 6) is -1.28. The molecule has 112 valence electrons. The molecule has 0 aliphatic carbocycles. The van der Waals surface area contributed by atoms with Gasteiger partial charge in [-0.25, -0.2) is 4.79 Å². The van der Waals surface area contributed by atoms with Gasteiger partial charge in [0.25, 0.3) is 5.91 Å². The van der Waals surface area contributed by atoms with Crippen LogP contribution < -0.4 is 5.32 Å². The molecule has 2 rings (SSSR count). The van der Waals surface area contributed by atoms with Crippen LogP contribution in [0.5, 0.6) is 0 Å². The first-order chi connectivity index (χ1) is 9.97. The number of amides is 2. The van der Waals surface area contributed by atoms with Crippen molar-refractivity contribution in [2.45, 2.75) is 25.8 Å². The van der Waals surface area contributed by atoms with E-state index in [-0.39, 0.29) is 23.4 Å². The molecule has 0 atom stereocenters. The standard InChI is InChI=1S/C15H18N2O4/c1-10(18)16-13-5-7-17(8-6-13)14(19)11-3-2-4-12(9-11)15(20)21/h2-4,9,13H,5-8H2,1H3,(H,16,18)(H,20,21). The van der Waals surface area contributed by atoms with Crippen LogP contribution in [0.25, 0.3) is 0 Å². The molecule has 0 radical (unpaired) electrons. The van der Waals surface area contributed by atoms with Crippen molar-refractivity contribution < 1.29 is 19.5 Å². The molecule has 0 unspecified atom stereocenters. The summed E-state index contributed by atoms with van der Waals surface area (Å²) < 4.78 is 0. The van der Waals surface area contributed by atoms with Crippen LogP contribution >= 0.6 is 0 Å². The van der Waals surface area contributed by atoms with Gasteiger partial charge in [0.15, 0.2) is 0 Å². The lowest BCUT2D eigenvalue weighted by Crippen LogP contribution is -2.46. The maximum Gasteiger partial charge on any atom is 0.335 e. The third-order valence-electron chi connectivity index (χ3n) is 3.55. The quantitative estimate of drug-likeness (QED) is 0.873. The molecular formula is C15H18N2O4. The SMILES string of the molecule is CC(=O)NC1CCN(C(=O)c2cccc(C(=O)O)c2)CC1. The van der Waals surface area contributed by atoms with Gasteiger partial charge in [-0.05, 0) is 31.0 Å². The van der Waals surface area contributed by atoms with E-state index in [0.717, 1.165) is 0 Å². The van der Waals surface area contributed by atoms with E-state index < -0.39 is 5.97 Å². The summed E-state index contributed by atoms with van der Waals surface area (Å²) in [5.41, 5.74) is 0.488. The van der Waals surface area contributed by atoms with Crippen molar-refractivity contribution in [3.8, 4) is 0 Å². The van der Waals surface area contributed by atoms with Gasteiger partial charge in [-0.2, -0.15) is 0 Å². The number of carbonyl (C=O) groups is 3. The number of piperidine rings is 1. The predicted octanol–water partition coefficient (Wildman–Crippen LogP) is 1.13. The summed E-state index contributed by atoms with van der Waals surface area (Å²) in [6, 6.07) is 6.15. The van der Waals surface area contributed by atoms with E-state index in [9.17, 15) is 14.4 Å². The number of likely N-dealkylation sites (tertiary alicyclic amines) is 1. The van der Waals surface area contributed by atoms with E-state index >= 15 is 0 Å². The van der Waals surface area contributed by atoms with E-state index in [2.05, 4.69) is 5.32 Å². The van der Waals surface area contributed by atoms with Crippen LogP contribution in [0.2, 0.25) is 0 Å². The second kappa shape index (κ2) is 6.39. The topological polar surface area (TPSA) is 86.7 Å². The number of hydrogen-bond donors (Lipinski definition) is 2. The highest BCUT2D eigenvalue weighted by Gasteiger charge is 2.24. The van der Waals surface area contributed by atoms with Crippen LogP contribution in [0.1, 0.15) is 40.5 Å². The van der Waals surface area contributed by atoms with E-state index in [0.29, 0.717) is 31.5 Å². The van der Waals surface area contributed by atoms with Gasteiger partial charge in [-0.15, -0.1) is 0 Å².